The molecule has 100 valence electrons. The van der Waals surface area contributed by atoms with Gasteiger partial charge in [-0.15, -0.1) is 0 Å². The fourth-order valence-electron chi connectivity index (χ4n) is 2.63. The van der Waals surface area contributed by atoms with Crippen LogP contribution >= 0.6 is 0 Å². The van der Waals surface area contributed by atoms with E-state index in [2.05, 4.69) is 12.2 Å². The zero-order valence-electron chi connectivity index (χ0n) is 10.9. The lowest BCUT2D eigenvalue weighted by Gasteiger charge is -2.16. The van der Waals surface area contributed by atoms with Gasteiger partial charge in [-0.25, -0.2) is 8.78 Å². The number of nitrogens with one attached hydrogen (secondary N) is 1. The number of benzene rings is 1. The Labute approximate surface area is 108 Å². The van der Waals surface area contributed by atoms with Crippen LogP contribution in [0.25, 0.3) is 0 Å². The summed E-state index contributed by atoms with van der Waals surface area (Å²) < 4.78 is 26.5. The highest BCUT2D eigenvalue weighted by Crippen LogP contribution is 2.23. The van der Waals surface area contributed by atoms with Crippen molar-refractivity contribution in [2.75, 3.05) is 0 Å². The second-order valence-corrected chi connectivity index (χ2v) is 5.40. The highest BCUT2D eigenvalue weighted by molar-refractivity contribution is 5.18. The summed E-state index contributed by atoms with van der Waals surface area (Å²) in [5, 5.41) is 3.36. The van der Waals surface area contributed by atoms with Gasteiger partial charge in [0, 0.05) is 18.2 Å². The summed E-state index contributed by atoms with van der Waals surface area (Å²) in [7, 11) is 0. The molecule has 1 fully saturated rings. The quantitative estimate of drug-likeness (QED) is 0.802. The Kier molecular flexibility index (Phi) is 4.70. The molecule has 0 bridgehead atoms. The van der Waals surface area contributed by atoms with Gasteiger partial charge in [-0.1, -0.05) is 31.9 Å². The first-order chi connectivity index (χ1) is 8.66. The molecule has 1 aromatic carbocycles. The van der Waals surface area contributed by atoms with Gasteiger partial charge in [-0.05, 0) is 31.2 Å². The molecular weight excluding hydrogens is 232 g/mol. The molecule has 0 amide bonds. The summed E-state index contributed by atoms with van der Waals surface area (Å²) in [5.74, 6) is -0.682. The van der Waals surface area contributed by atoms with Crippen molar-refractivity contribution in [3.8, 4) is 0 Å². The average molecular weight is 253 g/mol. The van der Waals surface area contributed by atoms with Crippen molar-refractivity contribution in [2.45, 2.75) is 51.6 Å². The Morgan fingerprint density at radius 1 is 1.17 bits per heavy atom. The van der Waals surface area contributed by atoms with E-state index < -0.39 is 11.6 Å². The van der Waals surface area contributed by atoms with E-state index in [1.165, 1.54) is 19.3 Å². The van der Waals surface area contributed by atoms with E-state index >= 15 is 0 Å². The van der Waals surface area contributed by atoms with Gasteiger partial charge in [0.05, 0.1) is 0 Å². The Morgan fingerprint density at radius 2 is 2.00 bits per heavy atom. The summed E-state index contributed by atoms with van der Waals surface area (Å²) in [5.41, 5.74) is 0.423. The van der Waals surface area contributed by atoms with Crippen molar-refractivity contribution < 1.29 is 8.78 Å². The van der Waals surface area contributed by atoms with Crippen LogP contribution in [-0.2, 0) is 6.54 Å². The van der Waals surface area contributed by atoms with E-state index in [1.54, 1.807) is 12.1 Å². The Hall–Kier alpha value is -0.960. The highest BCUT2D eigenvalue weighted by Gasteiger charge is 2.16. The minimum absolute atomic E-state index is 0.419. The van der Waals surface area contributed by atoms with Crippen molar-refractivity contribution in [1.82, 2.24) is 5.32 Å². The van der Waals surface area contributed by atoms with Crippen molar-refractivity contribution in [1.29, 1.82) is 0 Å². The maximum absolute atomic E-state index is 13.5. The van der Waals surface area contributed by atoms with E-state index in [1.807, 2.05) is 0 Å². The molecular formula is C15H21F2N. The molecule has 1 aliphatic rings. The third kappa shape index (κ3) is 3.52. The van der Waals surface area contributed by atoms with Gasteiger partial charge in [0.15, 0.2) is 11.6 Å². The van der Waals surface area contributed by atoms with Crippen molar-refractivity contribution in [3.05, 3.63) is 35.4 Å². The van der Waals surface area contributed by atoms with Crippen molar-refractivity contribution >= 4 is 0 Å². The zero-order valence-corrected chi connectivity index (χ0v) is 10.9. The van der Waals surface area contributed by atoms with Gasteiger partial charge in [-0.3, -0.25) is 0 Å². The third-order valence-corrected chi connectivity index (χ3v) is 3.87. The average Bonchev–Trinajstić information content (AvgIpc) is 2.56. The Bertz CT molecular complexity index is 392. The molecule has 1 N–H and O–H groups in total. The van der Waals surface area contributed by atoms with Crippen LogP contribution in [0.4, 0.5) is 8.78 Å². The predicted molar refractivity (Wildman–Crippen MR) is 69.2 cm³/mol. The second-order valence-electron chi connectivity index (χ2n) is 5.40. The monoisotopic (exact) mass is 253 g/mol. The summed E-state index contributed by atoms with van der Waals surface area (Å²) in [6.07, 6.45) is 6.01. The van der Waals surface area contributed by atoms with Gasteiger partial charge in [-0.2, -0.15) is 0 Å². The molecule has 0 aromatic heterocycles. The molecule has 2 unspecified atom stereocenters. The lowest BCUT2D eigenvalue weighted by Crippen LogP contribution is -2.28. The van der Waals surface area contributed by atoms with E-state index in [-0.39, 0.29) is 0 Å². The predicted octanol–water partition coefficient (Wildman–Crippen LogP) is 4.02. The van der Waals surface area contributed by atoms with Gasteiger partial charge in [0.1, 0.15) is 0 Å². The molecule has 2 rings (SSSR count). The van der Waals surface area contributed by atoms with E-state index in [9.17, 15) is 8.78 Å². The Morgan fingerprint density at radius 3 is 2.83 bits per heavy atom. The van der Waals surface area contributed by atoms with Gasteiger partial charge in [0.2, 0.25) is 0 Å². The van der Waals surface area contributed by atoms with Crippen LogP contribution in [0, 0.1) is 17.6 Å². The summed E-state index contributed by atoms with van der Waals surface area (Å²) in [6, 6.07) is 4.80. The molecule has 1 aromatic rings. The first-order valence-corrected chi connectivity index (χ1v) is 6.83. The van der Waals surface area contributed by atoms with E-state index in [0.29, 0.717) is 18.2 Å². The Balaban J connectivity index is 1.89. The molecule has 0 spiro atoms. The van der Waals surface area contributed by atoms with Crippen molar-refractivity contribution in [2.24, 2.45) is 5.92 Å². The molecule has 18 heavy (non-hydrogen) atoms. The van der Waals surface area contributed by atoms with Gasteiger partial charge >= 0.3 is 0 Å². The van der Waals surface area contributed by atoms with E-state index in [0.717, 1.165) is 24.8 Å². The third-order valence-electron chi connectivity index (χ3n) is 3.87. The van der Waals surface area contributed by atoms with Crippen LogP contribution in [0.2, 0.25) is 0 Å². The zero-order chi connectivity index (χ0) is 13.0. The molecule has 0 heterocycles. The summed E-state index contributed by atoms with van der Waals surface area (Å²) in [4.78, 5) is 0. The lowest BCUT2D eigenvalue weighted by atomic mass is 10.0. The standard InChI is InChI=1S/C15H21F2N/c1-11-4-2-6-13(9-8-11)18-10-12-5-3-7-14(16)15(12)17/h3,5,7,11,13,18H,2,4,6,8-10H2,1H3. The van der Waals surface area contributed by atoms with Crippen LogP contribution in [0.5, 0.6) is 0 Å². The number of halogens is 2. The smallest absolute Gasteiger partial charge is 0.163 e. The summed E-state index contributed by atoms with van der Waals surface area (Å²) in [6.45, 7) is 2.71. The summed E-state index contributed by atoms with van der Waals surface area (Å²) >= 11 is 0. The van der Waals surface area contributed by atoms with E-state index in [4.69, 9.17) is 0 Å². The number of rotatable bonds is 3. The maximum Gasteiger partial charge on any atom is 0.163 e. The van der Waals surface area contributed by atoms with Crippen LogP contribution in [0.3, 0.4) is 0 Å². The molecule has 0 aliphatic heterocycles. The molecule has 3 heteroatoms. The SMILES string of the molecule is CC1CCCC(NCc2cccc(F)c2F)CC1. The molecule has 2 atom stereocenters. The largest absolute Gasteiger partial charge is 0.310 e. The maximum atomic E-state index is 13.5. The van der Waals surface area contributed by atoms with Crippen LogP contribution in [0.15, 0.2) is 18.2 Å². The van der Waals surface area contributed by atoms with Gasteiger partial charge in [0.25, 0.3) is 0 Å². The van der Waals surface area contributed by atoms with Crippen LogP contribution in [-0.4, -0.2) is 6.04 Å². The normalized spacial score (nSPS) is 24.8. The van der Waals surface area contributed by atoms with Crippen LogP contribution in [0.1, 0.15) is 44.6 Å². The fraction of sp³-hybridized carbons (Fsp3) is 0.600. The fourth-order valence-corrected chi connectivity index (χ4v) is 2.63. The van der Waals surface area contributed by atoms with Crippen LogP contribution < -0.4 is 5.32 Å². The highest BCUT2D eigenvalue weighted by atomic mass is 19.2. The molecule has 0 radical (unpaired) electrons. The minimum atomic E-state index is -0.760. The lowest BCUT2D eigenvalue weighted by molar-refractivity contribution is 0.435. The number of hydrogen-bond acceptors (Lipinski definition) is 1. The second kappa shape index (κ2) is 6.28. The molecule has 1 nitrogen and oxygen atoms in total. The topological polar surface area (TPSA) is 12.0 Å². The molecule has 1 saturated carbocycles. The first-order valence-electron chi connectivity index (χ1n) is 6.83. The number of hydrogen-bond donors (Lipinski definition) is 1. The molecule has 0 saturated heterocycles. The van der Waals surface area contributed by atoms with Gasteiger partial charge < -0.3 is 5.32 Å². The first kappa shape index (κ1) is 13.5. The molecule has 1 aliphatic carbocycles. The van der Waals surface area contributed by atoms with Crippen molar-refractivity contribution in [3.63, 3.8) is 0 Å². The minimum Gasteiger partial charge on any atom is -0.310 e.